The standard InChI is InChI=1S/C28H30ClN5O2/c29-18-11-9-17(10-12-18)27(35)33-23-8-4-2-6-20(23)28(36)34-16-13-21-24(26-30-14-15-31-26)32-22-7-3-1-5-19(22)25(21)34/h1,3,5,7,9-12,14-15,20-21,23-25,32H,2,4,6,8,13,16H2,(H,30,31)(H,33,35)/t20-,21+,23+,24+,25-/m0/s1. The number of amides is 2. The Labute approximate surface area is 215 Å². The molecule has 3 aromatic rings. The lowest BCUT2D eigenvalue weighted by molar-refractivity contribution is -0.138. The summed E-state index contributed by atoms with van der Waals surface area (Å²) in [4.78, 5) is 37.0. The van der Waals surface area contributed by atoms with E-state index in [1.807, 2.05) is 18.3 Å². The lowest BCUT2D eigenvalue weighted by Crippen LogP contribution is -2.50. The smallest absolute Gasteiger partial charge is 0.251 e. The van der Waals surface area contributed by atoms with E-state index >= 15 is 0 Å². The molecule has 1 saturated heterocycles. The summed E-state index contributed by atoms with van der Waals surface area (Å²) in [7, 11) is 0. The molecule has 5 atom stereocenters. The van der Waals surface area contributed by atoms with E-state index in [-0.39, 0.29) is 41.8 Å². The van der Waals surface area contributed by atoms with Gasteiger partial charge in [-0.05, 0) is 55.2 Å². The van der Waals surface area contributed by atoms with Gasteiger partial charge in [0.2, 0.25) is 5.91 Å². The summed E-state index contributed by atoms with van der Waals surface area (Å²) in [6.07, 6.45) is 8.14. The zero-order valence-electron chi connectivity index (χ0n) is 20.0. The minimum Gasteiger partial charge on any atom is -0.375 e. The maximum Gasteiger partial charge on any atom is 0.251 e. The number of hydrogen-bond acceptors (Lipinski definition) is 4. The van der Waals surface area contributed by atoms with Crippen molar-refractivity contribution in [3.8, 4) is 0 Å². The first-order valence-electron chi connectivity index (χ1n) is 12.8. The van der Waals surface area contributed by atoms with E-state index in [0.717, 1.165) is 49.2 Å². The summed E-state index contributed by atoms with van der Waals surface area (Å²) in [5.41, 5.74) is 2.77. The molecule has 0 bridgehead atoms. The van der Waals surface area contributed by atoms with E-state index in [9.17, 15) is 9.59 Å². The molecule has 2 aromatic carbocycles. The first kappa shape index (κ1) is 23.1. The third-order valence-corrected chi connectivity index (χ3v) is 8.32. The van der Waals surface area contributed by atoms with Crippen molar-refractivity contribution in [1.82, 2.24) is 20.2 Å². The van der Waals surface area contributed by atoms with E-state index in [2.05, 4.69) is 37.6 Å². The quantitative estimate of drug-likeness (QED) is 0.461. The number of H-pyrrole nitrogens is 1. The van der Waals surface area contributed by atoms with E-state index in [1.54, 1.807) is 30.5 Å². The lowest BCUT2D eigenvalue weighted by atomic mass is 9.80. The second kappa shape index (κ2) is 9.62. The van der Waals surface area contributed by atoms with Gasteiger partial charge in [0.15, 0.2) is 0 Å². The number of nitrogens with one attached hydrogen (secondary N) is 3. The molecule has 0 unspecified atom stereocenters. The number of rotatable bonds is 4. The van der Waals surface area contributed by atoms with Crippen LogP contribution in [0.3, 0.4) is 0 Å². The number of para-hydroxylation sites is 1. The largest absolute Gasteiger partial charge is 0.375 e. The Hall–Kier alpha value is -3.32. The molecule has 2 aliphatic heterocycles. The second-order valence-corrected chi connectivity index (χ2v) is 10.5. The van der Waals surface area contributed by atoms with Gasteiger partial charge in [0.1, 0.15) is 5.82 Å². The molecule has 1 aromatic heterocycles. The Balaban J connectivity index is 1.26. The van der Waals surface area contributed by atoms with Gasteiger partial charge >= 0.3 is 0 Å². The lowest BCUT2D eigenvalue weighted by Gasteiger charge is -2.41. The van der Waals surface area contributed by atoms with E-state index in [1.165, 1.54) is 0 Å². The number of carbonyl (C=O) groups is 2. The molecule has 2 fully saturated rings. The van der Waals surface area contributed by atoms with Gasteiger partial charge in [0.25, 0.3) is 5.91 Å². The Morgan fingerprint density at radius 1 is 1.03 bits per heavy atom. The van der Waals surface area contributed by atoms with Crippen molar-refractivity contribution >= 4 is 29.1 Å². The van der Waals surface area contributed by atoms with Crippen LogP contribution >= 0.6 is 11.6 Å². The van der Waals surface area contributed by atoms with Gasteiger partial charge < -0.3 is 20.5 Å². The number of carbonyl (C=O) groups excluding carboxylic acids is 2. The molecule has 186 valence electrons. The first-order valence-corrected chi connectivity index (χ1v) is 13.2. The highest BCUT2D eigenvalue weighted by Crippen LogP contribution is 2.51. The van der Waals surface area contributed by atoms with Crippen molar-refractivity contribution in [2.24, 2.45) is 11.8 Å². The van der Waals surface area contributed by atoms with Gasteiger partial charge in [-0.15, -0.1) is 0 Å². The zero-order valence-corrected chi connectivity index (χ0v) is 20.7. The molecule has 1 aliphatic carbocycles. The Bertz CT molecular complexity index is 1250. The predicted octanol–water partition coefficient (Wildman–Crippen LogP) is 5.11. The molecular formula is C28H30ClN5O2. The van der Waals surface area contributed by atoms with Gasteiger partial charge in [-0.2, -0.15) is 0 Å². The summed E-state index contributed by atoms with van der Waals surface area (Å²) in [5.74, 6) is 0.900. The van der Waals surface area contributed by atoms with Crippen LogP contribution in [-0.4, -0.2) is 39.3 Å². The van der Waals surface area contributed by atoms with E-state index in [0.29, 0.717) is 17.1 Å². The molecule has 3 aliphatic rings. The van der Waals surface area contributed by atoms with Crippen LogP contribution in [0.25, 0.3) is 0 Å². The van der Waals surface area contributed by atoms with Crippen molar-refractivity contribution in [2.75, 3.05) is 11.9 Å². The Morgan fingerprint density at radius 3 is 2.64 bits per heavy atom. The second-order valence-electron chi connectivity index (χ2n) is 10.1. The Kier molecular flexibility index (Phi) is 6.17. The van der Waals surface area contributed by atoms with Gasteiger partial charge in [-0.1, -0.05) is 42.6 Å². The molecule has 1 saturated carbocycles. The SMILES string of the molecule is O=C(N[C@@H]1CCCC[C@@H]1C(=O)N1CC[C@@H]2[C@H](c3ncc[nH]3)Nc3ccccc3[C@@H]21)c1ccc(Cl)cc1. The maximum atomic E-state index is 14.1. The normalized spacial score (nSPS) is 27.0. The zero-order chi connectivity index (χ0) is 24.6. The van der Waals surface area contributed by atoms with Crippen LogP contribution in [0.15, 0.2) is 60.9 Å². The van der Waals surface area contributed by atoms with E-state index in [4.69, 9.17) is 11.6 Å². The summed E-state index contributed by atoms with van der Waals surface area (Å²) >= 11 is 5.99. The number of aromatic amines is 1. The monoisotopic (exact) mass is 503 g/mol. The Morgan fingerprint density at radius 2 is 1.83 bits per heavy atom. The number of imidazole rings is 1. The summed E-state index contributed by atoms with van der Waals surface area (Å²) < 4.78 is 0. The molecule has 0 spiro atoms. The van der Waals surface area contributed by atoms with Crippen LogP contribution in [0, 0.1) is 11.8 Å². The number of anilines is 1. The molecule has 36 heavy (non-hydrogen) atoms. The van der Waals surface area contributed by atoms with Crippen LogP contribution in [0.1, 0.15) is 65.9 Å². The third-order valence-electron chi connectivity index (χ3n) is 8.07. The van der Waals surface area contributed by atoms with Gasteiger partial charge in [-0.3, -0.25) is 9.59 Å². The molecule has 0 radical (unpaired) electrons. The fourth-order valence-electron chi connectivity index (χ4n) is 6.36. The fraction of sp³-hybridized carbons (Fsp3) is 0.393. The van der Waals surface area contributed by atoms with Gasteiger partial charge in [-0.25, -0.2) is 4.98 Å². The molecule has 7 nitrogen and oxygen atoms in total. The van der Waals surface area contributed by atoms with Crippen molar-refractivity contribution in [3.63, 3.8) is 0 Å². The van der Waals surface area contributed by atoms with Crippen molar-refractivity contribution in [1.29, 1.82) is 0 Å². The summed E-state index contributed by atoms with van der Waals surface area (Å²) in [5, 5.41) is 7.44. The topological polar surface area (TPSA) is 90.1 Å². The highest BCUT2D eigenvalue weighted by molar-refractivity contribution is 6.30. The molecule has 8 heteroatoms. The van der Waals surface area contributed by atoms with Crippen molar-refractivity contribution < 1.29 is 9.59 Å². The molecular weight excluding hydrogens is 474 g/mol. The van der Waals surface area contributed by atoms with Crippen LogP contribution in [-0.2, 0) is 4.79 Å². The molecule has 2 amide bonds. The first-order chi connectivity index (χ1) is 17.6. The fourth-order valence-corrected chi connectivity index (χ4v) is 6.48. The molecule has 3 N–H and O–H groups in total. The highest BCUT2D eigenvalue weighted by atomic mass is 35.5. The van der Waals surface area contributed by atoms with Gasteiger partial charge in [0, 0.05) is 47.2 Å². The van der Waals surface area contributed by atoms with Crippen LogP contribution < -0.4 is 10.6 Å². The number of aromatic nitrogens is 2. The third kappa shape index (κ3) is 4.15. The van der Waals surface area contributed by atoms with Crippen LogP contribution in [0.2, 0.25) is 5.02 Å². The average Bonchev–Trinajstić information content (AvgIpc) is 3.60. The number of nitrogens with zero attached hydrogens (tertiary/aromatic N) is 2. The number of benzene rings is 2. The van der Waals surface area contributed by atoms with E-state index < -0.39 is 0 Å². The number of fused-ring (bicyclic) bond motifs is 3. The molecule has 3 heterocycles. The highest BCUT2D eigenvalue weighted by Gasteiger charge is 2.49. The van der Waals surface area contributed by atoms with Crippen LogP contribution in [0.5, 0.6) is 0 Å². The van der Waals surface area contributed by atoms with Gasteiger partial charge in [0.05, 0.1) is 18.0 Å². The minimum absolute atomic E-state index is 0.0143. The summed E-state index contributed by atoms with van der Waals surface area (Å²) in [6.45, 7) is 0.704. The summed E-state index contributed by atoms with van der Waals surface area (Å²) in [6, 6.07) is 15.0. The predicted molar refractivity (Wildman–Crippen MR) is 139 cm³/mol. The number of likely N-dealkylation sites (tertiary alicyclic amines) is 1. The molecule has 6 rings (SSSR count). The van der Waals surface area contributed by atoms with Crippen LogP contribution in [0.4, 0.5) is 5.69 Å². The van der Waals surface area contributed by atoms with Crippen molar-refractivity contribution in [3.05, 3.63) is 82.9 Å². The number of halogens is 1. The number of hydrogen-bond donors (Lipinski definition) is 3. The average molecular weight is 504 g/mol. The minimum atomic E-state index is -0.224. The van der Waals surface area contributed by atoms with Crippen molar-refractivity contribution in [2.45, 2.75) is 50.2 Å². The maximum absolute atomic E-state index is 14.1.